The van der Waals surface area contributed by atoms with Crippen molar-refractivity contribution in [1.82, 2.24) is 9.88 Å². The van der Waals surface area contributed by atoms with Crippen LogP contribution >= 0.6 is 0 Å². The summed E-state index contributed by atoms with van der Waals surface area (Å²) in [6.45, 7) is 4.93. The van der Waals surface area contributed by atoms with Crippen molar-refractivity contribution in [2.45, 2.75) is 6.92 Å². The summed E-state index contributed by atoms with van der Waals surface area (Å²) in [6.07, 6.45) is 1.64. The Hall–Kier alpha value is -2.20. The van der Waals surface area contributed by atoms with Crippen LogP contribution in [0.1, 0.15) is 5.56 Å². The quantitative estimate of drug-likeness (QED) is 0.457. The topological polar surface area (TPSA) is 86.3 Å². The molecule has 0 aromatic carbocycles. The minimum atomic E-state index is -0.392. The van der Waals surface area contributed by atoms with Crippen LogP contribution < -0.4 is 4.90 Å². The first-order chi connectivity index (χ1) is 9.11. The number of hydrogen-bond donors (Lipinski definition) is 0. The molecule has 100 valence electrons. The fraction of sp³-hybridized carbons (Fsp3) is 0.500. The number of aryl methyl sites for hydroxylation is 1. The number of pyridine rings is 1. The van der Waals surface area contributed by atoms with E-state index in [9.17, 15) is 10.1 Å². The second-order valence-electron chi connectivity index (χ2n) is 4.53. The van der Waals surface area contributed by atoms with Crippen LogP contribution in [0.5, 0.6) is 0 Å². The van der Waals surface area contributed by atoms with Crippen LogP contribution in [-0.4, -0.2) is 47.5 Å². The Morgan fingerprint density at radius 2 is 2.16 bits per heavy atom. The Labute approximate surface area is 111 Å². The molecule has 0 aliphatic carbocycles. The van der Waals surface area contributed by atoms with E-state index >= 15 is 0 Å². The Morgan fingerprint density at radius 3 is 2.74 bits per heavy atom. The molecule has 0 atom stereocenters. The number of hydrogen-bond acceptors (Lipinski definition) is 6. The van der Waals surface area contributed by atoms with Crippen molar-refractivity contribution >= 4 is 11.5 Å². The van der Waals surface area contributed by atoms with Crippen LogP contribution in [0.4, 0.5) is 11.5 Å². The molecule has 0 bridgehead atoms. The molecule has 0 spiro atoms. The Morgan fingerprint density at radius 1 is 1.47 bits per heavy atom. The van der Waals surface area contributed by atoms with Gasteiger partial charge in [0.15, 0.2) is 0 Å². The zero-order chi connectivity index (χ0) is 13.8. The van der Waals surface area contributed by atoms with Crippen molar-refractivity contribution in [1.29, 1.82) is 5.26 Å². The van der Waals surface area contributed by atoms with Gasteiger partial charge >= 0.3 is 5.69 Å². The molecule has 19 heavy (non-hydrogen) atoms. The Kier molecular flexibility index (Phi) is 3.92. The SMILES string of the molecule is Cc1cnc(N2CCN(CC#N)CC2)c([N+](=O)[O-])c1. The van der Waals surface area contributed by atoms with E-state index in [0.717, 1.165) is 18.7 Å². The van der Waals surface area contributed by atoms with Crippen molar-refractivity contribution in [2.75, 3.05) is 37.6 Å². The minimum absolute atomic E-state index is 0.0498. The molecule has 1 fully saturated rings. The predicted octanol–water partition coefficient (Wildman–Crippen LogP) is 0.944. The van der Waals surface area contributed by atoms with Crippen LogP contribution in [-0.2, 0) is 0 Å². The number of nitro groups is 1. The molecule has 2 rings (SSSR count). The van der Waals surface area contributed by atoms with Crippen molar-refractivity contribution in [3.8, 4) is 6.07 Å². The third kappa shape index (κ3) is 2.98. The largest absolute Gasteiger partial charge is 0.348 e. The summed E-state index contributed by atoms with van der Waals surface area (Å²) in [5.41, 5.74) is 0.826. The maximum atomic E-state index is 11.1. The second kappa shape index (κ2) is 5.63. The summed E-state index contributed by atoms with van der Waals surface area (Å²) in [5, 5.41) is 19.7. The highest BCUT2D eigenvalue weighted by molar-refractivity contribution is 5.58. The Balaban J connectivity index is 2.16. The van der Waals surface area contributed by atoms with Crippen LogP contribution in [0, 0.1) is 28.4 Å². The zero-order valence-corrected chi connectivity index (χ0v) is 10.7. The molecule has 1 aromatic rings. The van der Waals surface area contributed by atoms with E-state index < -0.39 is 4.92 Å². The lowest BCUT2D eigenvalue weighted by molar-refractivity contribution is -0.384. The van der Waals surface area contributed by atoms with Crippen LogP contribution in [0.3, 0.4) is 0 Å². The second-order valence-corrected chi connectivity index (χ2v) is 4.53. The number of rotatable bonds is 3. The first-order valence-electron chi connectivity index (χ1n) is 6.07. The molecule has 0 N–H and O–H groups in total. The molecule has 1 aliphatic heterocycles. The van der Waals surface area contributed by atoms with Gasteiger partial charge in [-0.25, -0.2) is 4.98 Å². The molecule has 0 radical (unpaired) electrons. The summed E-state index contributed by atoms with van der Waals surface area (Å²) < 4.78 is 0. The first-order valence-corrected chi connectivity index (χ1v) is 6.07. The molecule has 1 aliphatic rings. The average Bonchev–Trinajstić information content (AvgIpc) is 2.40. The summed E-state index contributed by atoms with van der Waals surface area (Å²) in [4.78, 5) is 18.8. The molecule has 0 amide bonds. The van der Waals surface area contributed by atoms with E-state index in [1.165, 1.54) is 0 Å². The van der Waals surface area contributed by atoms with Gasteiger partial charge in [0.05, 0.1) is 17.5 Å². The molecular weight excluding hydrogens is 246 g/mol. The van der Waals surface area contributed by atoms with Gasteiger partial charge in [-0.3, -0.25) is 15.0 Å². The van der Waals surface area contributed by atoms with Crippen molar-refractivity contribution in [3.05, 3.63) is 27.9 Å². The summed E-state index contributed by atoms with van der Waals surface area (Å²) >= 11 is 0. The summed E-state index contributed by atoms with van der Waals surface area (Å²) in [7, 11) is 0. The molecule has 7 nitrogen and oxygen atoms in total. The third-order valence-electron chi connectivity index (χ3n) is 3.15. The predicted molar refractivity (Wildman–Crippen MR) is 69.9 cm³/mol. The lowest BCUT2D eigenvalue weighted by Crippen LogP contribution is -2.46. The van der Waals surface area contributed by atoms with Crippen molar-refractivity contribution in [2.24, 2.45) is 0 Å². The Bertz CT molecular complexity index is 517. The highest BCUT2D eigenvalue weighted by Gasteiger charge is 2.24. The van der Waals surface area contributed by atoms with Gasteiger partial charge in [-0.05, 0) is 12.5 Å². The van der Waals surface area contributed by atoms with Crippen LogP contribution in [0.25, 0.3) is 0 Å². The van der Waals surface area contributed by atoms with Crippen LogP contribution in [0.15, 0.2) is 12.3 Å². The van der Waals surface area contributed by atoms with Gasteiger partial charge < -0.3 is 4.90 Å². The van der Waals surface area contributed by atoms with Crippen molar-refractivity contribution in [3.63, 3.8) is 0 Å². The third-order valence-corrected chi connectivity index (χ3v) is 3.15. The zero-order valence-electron chi connectivity index (χ0n) is 10.7. The summed E-state index contributed by atoms with van der Waals surface area (Å²) in [6, 6.07) is 3.66. The van der Waals surface area contributed by atoms with E-state index in [4.69, 9.17) is 5.26 Å². The standard InChI is InChI=1S/C12H15N5O2/c1-10-8-11(17(18)19)12(14-9-10)16-6-4-15(3-2-13)5-7-16/h8-9H,3-7H2,1H3. The molecule has 1 saturated heterocycles. The van der Waals surface area contributed by atoms with E-state index in [0.29, 0.717) is 25.5 Å². The maximum Gasteiger partial charge on any atom is 0.311 e. The van der Waals surface area contributed by atoms with Crippen molar-refractivity contribution < 1.29 is 4.92 Å². The van der Waals surface area contributed by atoms with Gasteiger partial charge in [0.25, 0.3) is 0 Å². The molecule has 1 aromatic heterocycles. The number of anilines is 1. The van der Waals surface area contributed by atoms with Gasteiger partial charge in [0.1, 0.15) is 0 Å². The number of piperazine rings is 1. The van der Waals surface area contributed by atoms with Crippen LogP contribution in [0.2, 0.25) is 0 Å². The number of nitriles is 1. The summed E-state index contributed by atoms with van der Waals surface area (Å²) in [5.74, 6) is 0.423. The van der Waals surface area contributed by atoms with Gasteiger partial charge in [0, 0.05) is 38.4 Å². The van der Waals surface area contributed by atoms with E-state index in [1.54, 1.807) is 19.2 Å². The van der Waals surface area contributed by atoms with Gasteiger partial charge in [-0.2, -0.15) is 5.26 Å². The smallest absolute Gasteiger partial charge is 0.311 e. The van der Waals surface area contributed by atoms with Gasteiger partial charge in [-0.1, -0.05) is 0 Å². The highest BCUT2D eigenvalue weighted by atomic mass is 16.6. The molecule has 0 saturated carbocycles. The molecule has 7 heteroatoms. The lowest BCUT2D eigenvalue weighted by atomic mass is 10.2. The molecular formula is C12H15N5O2. The number of aromatic nitrogens is 1. The fourth-order valence-corrected chi connectivity index (χ4v) is 2.14. The minimum Gasteiger partial charge on any atom is -0.348 e. The molecule has 0 unspecified atom stereocenters. The normalized spacial score (nSPS) is 16.1. The van der Waals surface area contributed by atoms with E-state index in [-0.39, 0.29) is 5.69 Å². The number of nitrogens with zero attached hydrogens (tertiary/aromatic N) is 5. The maximum absolute atomic E-state index is 11.1. The monoisotopic (exact) mass is 261 g/mol. The molecule has 2 heterocycles. The van der Waals surface area contributed by atoms with E-state index in [1.807, 2.05) is 9.80 Å². The first kappa shape index (κ1) is 13.2. The average molecular weight is 261 g/mol. The fourth-order valence-electron chi connectivity index (χ4n) is 2.14. The van der Waals surface area contributed by atoms with E-state index in [2.05, 4.69) is 11.1 Å². The van der Waals surface area contributed by atoms with Gasteiger partial charge in [0.2, 0.25) is 5.82 Å². The highest BCUT2D eigenvalue weighted by Crippen LogP contribution is 2.27. The lowest BCUT2D eigenvalue weighted by Gasteiger charge is -2.33. The van der Waals surface area contributed by atoms with Gasteiger partial charge in [-0.15, -0.1) is 0 Å².